The molecule has 1 atom stereocenters. The smallest absolute Gasteiger partial charge is 0.340 e. The van der Waals surface area contributed by atoms with Crippen LogP contribution in [0.4, 0.5) is 5.00 Å². The van der Waals surface area contributed by atoms with Gasteiger partial charge in [0.2, 0.25) is 5.91 Å². The number of carbonyl (C=O) groups excluding carboxylic acids is 1. The van der Waals surface area contributed by atoms with Gasteiger partial charge in [-0.15, -0.1) is 0 Å². The summed E-state index contributed by atoms with van der Waals surface area (Å²) in [6, 6.07) is 0. The number of anilines is 1. The van der Waals surface area contributed by atoms with E-state index >= 15 is 0 Å². The van der Waals surface area contributed by atoms with Gasteiger partial charge in [0.25, 0.3) is 0 Å². The quantitative estimate of drug-likeness (QED) is 0.726. The number of carbonyl (C=O) groups is 2. The van der Waals surface area contributed by atoms with Crippen molar-refractivity contribution < 1.29 is 14.7 Å². The van der Waals surface area contributed by atoms with Crippen molar-refractivity contribution in [3.63, 3.8) is 0 Å². The Morgan fingerprint density at radius 3 is 2.72 bits per heavy atom. The van der Waals surface area contributed by atoms with Crippen molar-refractivity contribution >= 4 is 28.4 Å². The normalized spacial score (nSPS) is 12.2. The summed E-state index contributed by atoms with van der Waals surface area (Å²) in [6.07, 6.45) is 0. The lowest BCUT2D eigenvalue weighted by molar-refractivity contribution is -0.119. The fraction of sp³-hybridized carbons (Fsp3) is 0.545. The van der Waals surface area contributed by atoms with Crippen LogP contribution >= 0.6 is 11.5 Å². The van der Waals surface area contributed by atoms with Crippen LogP contribution in [0.15, 0.2) is 0 Å². The molecule has 0 saturated heterocycles. The maximum Gasteiger partial charge on any atom is 0.340 e. The van der Waals surface area contributed by atoms with Gasteiger partial charge < -0.3 is 15.7 Å². The summed E-state index contributed by atoms with van der Waals surface area (Å²) in [6.45, 7) is 6.70. The highest BCUT2D eigenvalue weighted by atomic mass is 32.1. The van der Waals surface area contributed by atoms with E-state index in [-0.39, 0.29) is 17.4 Å². The van der Waals surface area contributed by atoms with E-state index in [0.29, 0.717) is 17.2 Å². The van der Waals surface area contributed by atoms with Gasteiger partial charge in [-0.25, -0.2) is 4.79 Å². The number of carboxylic acids is 1. The van der Waals surface area contributed by atoms with E-state index in [1.54, 1.807) is 13.8 Å². The molecule has 100 valence electrons. The minimum absolute atomic E-state index is 0.0731. The van der Waals surface area contributed by atoms with Gasteiger partial charge in [-0.05, 0) is 25.0 Å². The van der Waals surface area contributed by atoms with Crippen LogP contribution in [-0.2, 0) is 4.79 Å². The molecule has 1 unspecified atom stereocenters. The van der Waals surface area contributed by atoms with Crippen LogP contribution in [0.2, 0.25) is 0 Å². The van der Waals surface area contributed by atoms with Gasteiger partial charge in [-0.2, -0.15) is 4.37 Å². The van der Waals surface area contributed by atoms with E-state index < -0.39 is 5.97 Å². The molecule has 0 aromatic carbocycles. The topological polar surface area (TPSA) is 91.3 Å². The fourth-order valence-electron chi connectivity index (χ4n) is 1.40. The molecule has 0 aliphatic carbocycles. The third-order valence-corrected chi connectivity index (χ3v) is 3.32. The minimum Gasteiger partial charge on any atom is -0.478 e. The zero-order valence-electron chi connectivity index (χ0n) is 10.6. The fourth-order valence-corrected chi connectivity index (χ4v) is 2.19. The molecule has 0 saturated carbocycles. The zero-order chi connectivity index (χ0) is 13.7. The SMILES string of the molecule is CCNCC(C)C(=O)Nc1snc(C)c1C(=O)O. The van der Waals surface area contributed by atoms with Crippen LogP contribution < -0.4 is 10.6 Å². The third-order valence-electron chi connectivity index (χ3n) is 2.46. The number of aromatic nitrogens is 1. The van der Waals surface area contributed by atoms with E-state index in [9.17, 15) is 9.59 Å². The first kappa shape index (κ1) is 14.6. The molecule has 1 amide bonds. The lowest BCUT2D eigenvalue weighted by atomic mass is 10.1. The predicted octanol–water partition coefficient (Wildman–Crippen LogP) is 1.33. The Morgan fingerprint density at radius 1 is 1.50 bits per heavy atom. The molecule has 0 aliphatic heterocycles. The number of aromatic carboxylic acids is 1. The first-order valence-electron chi connectivity index (χ1n) is 5.68. The standard InChI is InChI=1S/C11H17N3O3S/c1-4-12-5-6(2)9(15)13-10-8(11(16)17)7(3)14-18-10/h6,12H,4-5H2,1-3H3,(H,13,15)(H,16,17). The van der Waals surface area contributed by atoms with Crippen LogP contribution in [0.3, 0.4) is 0 Å². The molecule has 7 heteroatoms. The highest BCUT2D eigenvalue weighted by Gasteiger charge is 2.21. The number of hydrogen-bond donors (Lipinski definition) is 3. The molecule has 1 heterocycles. The van der Waals surface area contributed by atoms with Gasteiger partial charge in [0.05, 0.1) is 5.69 Å². The molecule has 0 bridgehead atoms. The number of hydrogen-bond acceptors (Lipinski definition) is 5. The monoisotopic (exact) mass is 271 g/mol. The molecule has 18 heavy (non-hydrogen) atoms. The average molecular weight is 271 g/mol. The number of nitrogens with one attached hydrogen (secondary N) is 2. The average Bonchev–Trinajstić information content (AvgIpc) is 2.67. The van der Waals surface area contributed by atoms with Crippen molar-refractivity contribution in [1.29, 1.82) is 0 Å². The molecule has 3 N–H and O–H groups in total. The maximum absolute atomic E-state index is 11.8. The van der Waals surface area contributed by atoms with Crippen LogP contribution in [0.25, 0.3) is 0 Å². The van der Waals surface area contributed by atoms with Crippen LogP contribution in [0, 0.1) is 12.8 Å². The lowest BCUT2D eigenvalue weighted by Gasteiger charge is -2.11. The number of aryl methyl sites for hydroxylation is 1. The van der Waals surface area contributed by atoms with Gasteiger partial charge in [0, 0.05) is 12.5 Å². The number of carboxylic acid groups (broad SMARTS) is 1. The molecular weight excluding hydrogens is 254 g/mol. The third kappa shape index (κ3) is 3.51. The summed E-state index contributed by atoms with van der Waals surface area (Å²) in [7, 11) is 0. The molecule has 0 spiro atoms. The van der Waals surface area contributed by atoms with Gasteiger partial charge in [-0.3, -0.25) is 4.79 Å². The Labute approximate surface area is 110 Å². The first-order chi connectivity index (χ1) is 8.47. The Morgan fingerprint density at radius 2 is 2.17 bits per heavy atom. The highest BCUT2D eigenvalue weighted by Crippen LogP contribution is 2.24. The maximum atomic E-state index is 11.8. The Kier molecular flexibility index (Phi) is 5.24. The van der Waals surface area contributed by atoms with Gasteiger partial charge in [0.15, 0.2) is 0 Å². The lowest BCUT2D eigenvalue weighted by Crippen LogP contribution is -2.30. The van der Waals surface area contributed by atoms with Crippen molar-refractivity contribution in [3.8, 4) is 0 Å². The zero-order valence-corrected chi connectivity index (χ0v) is 11.4. The second-order valence-corrected chi connectivity index (χ2v) is 4.75. The molecule has 0 fully saturated rings. The van der Waals surface area contributed by atoms with Crippen molar-refractivity contribution in [2.45, 2.75) is 20.8 Å². The second kappa shape index (κ2) is 6.46. The summed E-state index contributed by atoms with van der Waals surface area (Å²) in [5.41, 5.74) is 0.492. The molecule has 0 aliphatic rings. The number of amides is 1. The summed E-state index contributed by atoms with van der Waals surface area (Å²) < 4.78 is 3.94. The summed E-state index contributed by atoms with van der Waals surface area (Å²) in [4.78, 5) is 22.9. The Hall–Kier alpha value is -1.47. The molecule has 6 nitrogen and oxygen atoms in total. The molecule has 1 aromatic rings. The summed E-state index contributed by atoms with van der Waals surface area (Å²) >= 11 is 0.991. The van der Waals surface area contributed by atoms with E-state index in [0.717, 1.165) is 18.1 Å². The van der Waals surface area contributed by atoms with Gasteiger partial charge in [-0.1, -0.05) is 13.8 Å². The van der Waals surface area contributed by atoms with Crippen LogP contribution in [-0.4, -0.2) is 34.4 Å². The Balaban J connectivity index is 2.73. The molecule has 1 rings (SSSR count). The highest BCUT2D eigenvalue weighted by molar-refractivity contribution is 7.11. The van der Waals surface area contributed by atoms with E-state index in [1.807, 2.05) is 6.92 Å². The van der Waals surface area contributed by atoms with Crippen LogP contribution in [0.1, 0.15) is 29.9 Å². The second-order valence-electron chi connectivity index (χ2n) is 3.98. The van der Waals surface area contributed by atoms with E-state index in [1.165, 1.54) is 0 Å². The molecular formula is C11H17N3O3S. The molecule has 0 radical (unpaired) electrons. The largest absolute Gasteiger partial charge is 0.478 e. The van der Waals surface area contributed by atoms with Crippen molar-refractivity contribution in [2.75, 3.05) is 18.4 Å². The summed E-state index contributed by atoms with van der Waals surface area (Å²) in [5.74, 6) is -1.51. The molecule has 1 aromatic heterocycles. The number of rotatable bonds is 6. The van der Waals surface area contributed by atoms with E-state index in [4.69, 9.17) is 5.11 Å². The van der Waals surface area contributed by atoms with Crippen molar-refractivity contribution in [2.24, 2.45) is 5.92 Å². The van der Waals surface area contributed by atoms with Crippen molar-refractivity contribution in [3.05, 3.63) is 11.3 Å². The van der Waals surface area contributed by atoms with E-state index in [2.05, 4.69) is 15.0 Å². The van der Waals surface area contributed by atoms with Crippen LogP contribution in [0.5, 0.6) is 0 Å². The Bertz CT molecular complexity index is 445. The number of nitrogens with zero attached hydrogens (tertiary/aromatic N) is 1. The van der Waals surface area contributed by atoms with Crippen molar-refractivity contribution in [1.82, 2.24) is 9.69 Å². The first-order valence-corrected chi connectivity index (χ1v) is 6.45. The predicted molar refractivity (Wildman–Crippen MR) is 70.1 cm³/mol. The van der Waals surface area contributed by atoms with Gasteiger partial charge in [0.1, 0.15) is 10.6 Å². The summed E-state index contributed by atoms with van der Waals surface area (Å²) in [5, 5.41) is 15.0. The minimum atomic E-state index is -1.07. The van der Waals surface area contributed by atoms with Gasteiger partial charge >= 0.3 is 5.97 Å².